The van der Waals surface area contributed by atoms with Crippen molar-refractivity contribution in [2.45, 2.75) is 52.2 Å². The maximum absolute atomic E-state index is 14.2. The van der Waals surface area contributed by atoms with E-state index in [9.17, 15) is 18.0 Å². The number of nitrogens with one attached hydrogen (secondary N) is 1. The van der Waals surface area contributed by atoms with Crippen molar-refractivity contribution in [2.24, 2.45) is 0 Å². The molecule has 0 saturated heterocycles. The van der Waals surface area contributed by atoms with Gasteiger partial charge in [-0.3, -0.25) is 13.9 Å². The summed E-state index contributed by atoms with van der Waals surface area (Å²) < 4.78 is 32.6. The van der Waals surface area contributed by atoms with E-state index in [1.165, 1.54) is 12.0 Å². The van der Waals surface area contributed by atoms with Gasteiger partial charge in [-0.15, -0.1) is 0 Å². The molecule has 0 spiro atoms. The Bertz CT molecular complexity index is 1470. The second-order valence-electron chi connectivity index (χ2n) is 11.0. The highest BCUT2D eigenvalue weighted by Gasteiger charge is 2.35. The topological polar surface area (TPSA) is 96.0 Å². The Balaban J connectivity index is 2.12. The Hall–Kier alpha value is -3.56. The maximum atomic E-state index is 14.2. The lowest BCUT2D eigenvalue weighted by molar-refractivity contribution is -0.140. The van der Waals surface area contributed by atoms with Gasteiger partial charge in [0.15, 0.2) is 0 Å². The SMILES string of the molecule is COc1ccc(C)cc1N(CC(=O)N(Cc1cccc(Cl)c1)[C@@H](Cc1ccccc1)C(=O)NC(C)(C)C)S(C)(=O)=O. The Morgan fingerprint density at radius 2 is 1.63 bits per heavy atom. The average Bonchev–Trinajstić information content (AvgIpc) is 2.88. The van der Waals surface area contributed by atoms with Crippen molar-refractivity contribution >= 4 is 39.1 Å². The van der Waals surface area contributed by atoms with E-state index in [4.69, 9.17) is 16.3 Å². The number of halogens is 1. The molecule has 0 bridgehead atoms. The van der Waals surface area contributed by atoms with E-state index >= 15 is 0 Å². The van der Waals surface area contributed by atoms with Crippen LogP contribution < -0.4 is 14.4 Å². The van der Waals surface area contributed by atoms with E-state index in [0.717, 1.165) is 21.7 Å². The molecule has 3 aromatic rings. The average molecular weight is 600 g/mol. The zero-order valence-corrected chi connectivity index (χ0v) is 25.9. The molecule has 10 heteroatoms. The van der Waals surface area contributed by atoms with Crippen molar-refractivity contribution in [3.63, 3.8) is 0 Å². The van der Waals surface area contributed by atoms with Crippen molar-refractivity contribution in [3.8, 4) is 5.75 Å². The van der Waals surface area contributed by atoms with Gasteiger partial charge in [-0.2, -0.15) is 0 Å². The molecule has 8 nitrogen and oxygen atoms in total. The summed E-state index contributed by atoms with van der Waals surface area (Å²) in [6.45, 7) is 6.92. The lowest BCUT2D eigenvalue weighted by Crippen LogP contribution is -2.56. The number of rotatable bonds is 11. The zero-order valence-electron chi connectivity index (χ0n) is 24.3. The molecule has 0 radical (unpaired) electrons. The van der Waals surface area contributed by atoms with Crippen LogP contribution in [0.15, 0.2) is 72.8 Å². The van der Waals surface area contributed by atoms with Gasteiger partial charge in [0.25, 0.3) is 0 Å². The molecule has 3 aromatic carbocycles. The lowest BCUT2D eigenvalue weighted by atomic mass is 10.0. The molecular weight excluding hydrogens is 562 g/mol. The van der Waals surface area contributed by atoms with Gasteiger partial charge in [-0.1, -0.05) is 60.1 Å². The second kappa shape index (κ2) is 13.4. The molecule has 1 N–H and O–H groups in total. The molecule has 0 aromatic heterocycles. The molecule has 0 aliphatic rings. The fraction of sp³-hybridized carbons (Fsp3) is 0.355. The standard InChI is InChI=1S/C31H38ClN3O5S/c1-22-15-16-28(40-5)26(17-22)35(41(6,38)39)21-29(36)34(20-24-13-10-14-25(32)18-24)27(30(37)33-31(2,3)4)19-23-11-8-7-9-12-23/h7-18,27H,19-21H2,1-6H3,(H,33,37)/t27-/m0/s1. The number of carbonyl (C=O) groups excluding carboxylic acids is 2. The summed E-state index contributed by atoms with van der Waals surface area (Å²) in [5, 5.41) is 3.48. The van der Waals surface area contributed by atoms with Crippen LogP contribution in [0.3, 0.4) is 0 Å². The largest absolute Gasteiger partial charge is 0.495 e. The fourth-order valence-corrected chi connectivity index (χ4v) is 5.49. The molecule has 41 heavy (non-hydrogen) atoms. The number of hydrogen-bond donors (Lipinski definition) is 1. The van der Waals surface area contributed by atoms with Crippen molar-refractivity contribution in [3.05, 3.63) is 94.5 Å². The molecule has 0 saturated carbocycles. The second-order valence-corrected chi connectivity index (χ2v) is 13.4. The lowest BCUT2D eigenvalue weighted by Gasteiger charge is -2.35. The summed E-state index contributed by atoms with van der Waals surface area (Å²) >= 11 is 6.26. The number of amides is 2. The first-order valence-electron chi connectivity index (χ1n) is 13.2. The van der Waals surface area contributed by atoms with Crippen LogP contribution in [0.25, 0.3) is 0 Å². The Morgan fingerprint density at radius 1 is 0.976 bits per heavy atom. The highest BCUT2D eigenvalue weighted by molar-refractivity contribution is 7.92. The number of anilines is 1. The molecule has 1 atom stereocenters. The minimum Gasteiger partial charge on any atom is -0.495 e. The predicted molar refractivity (Wildman–Crippen MR) is 164 cm³/mol. The van der Waals surface area contributed by atoms with Gasteiger partial charge in [0.2, 0.25) is 21.8 Å². The first kappa shape index (κ1) is 32.0. The molecule has 220 valence electrons. The van der Waals surface area contributed by atoms with Crippen molar-refractivity contribution in [1.82, 2.24) is 10.2 Å². The number of aryl methyl sites for hydroxylation is 1. The van der Waals surface area contributed by atoms with Gasteiger partial charge in [0.1, 0.15) is 18.3 Å². The van der Waals surface area contributed by atoms with E-state index in [-0.39, 0.29) is 24.6 Å². The number of ether oxygens (including phenoxy) is 1. The number of hydrogen-bond acceptors (Lipinski definition) is 5. The van der Waals surface area contributed by atoms with Gasteiger partial charge in [-0.05, 0) is 68.7 Å². The van der Waals surface area contributed by atoms with Crippen LogP contribution in [0, 0.1) is 6.92 Å². The van der Waals surface area contributed by atoms with Crippen LogP contribution >= 0.6 is 11.6 Å². The predicted octanol–water partition coefficient (Wildman–Crippen LogP) is 4.98. The molecule has 0 heterocycles. The normalized spacial score (nSPS) is 12.4. The van der Waals surface area contributed by atoms with E-state index in [2.05, 4.69) is 5.32 Å². The first-order chi connectivity index (χ1) is 19.2. The third kappa shape index (κ3) is 9.23. The Kier molecular flexibility index (Phi) is 10.4. The maximum Gasteiger partial charge on any atom is 0.244 e. The zero-order chi connectivity index (χ0) is 30.4. The third-order valence-electron chi connectivity index (χ3n) is 6.29. The highest BCUT2D eigenvalue weighted by atomic mass is 35.5. The third-order valence-corrected chi connectivity index (χ3v) is 7.66. The van der Waals surface area contributed by atoms with Crippen LogP contribution in [-0.4, -0.2) is 56.6 Å². The molecule has 3 rings (SSSR count). The van der Waals surface area contributed by atoms with E-state index in [1.807, 2.05) is 64.1 Å². The minimum atomic E-state index is -3.92. The Morgan fingerprint density at radius 3 is 2.22 bits per heavy atom. The number of sulfonamides is 1. The number of carbonyl (C=O) groups is 2. The van der Waals surface area contributed by atoms with Gasteiger partial charge in [0, 0.05) is 23.5 Å². The number of nitrogens with zero attached hydrogens (tertiary/aromatic N) is 2. The molecule has 0 aliphatic heterocycles. The number of methoxy groups -OCH3 is 1. The summed E-state index contributed by atoms with van der Waals surface area (Å²) in [7, 11) is -2.49. The monoisotopic (exact) mass is 599 g/mol. The van der Waals surface area contributed by atoms with Crippen LogP contribution in [0.4, 0.5) is 5.69 Å². The van der Waals surface area contributed by atoms with Crippen LogP contribution in [0.1, 0.15) is 37.5 Å². The molecule has 2 amide bonds. The van der Waals surface area contributed by atoms with Gasteiger partial charge in [0.05, 0.1) is 19.1 Å². The van der Waals surface area contributed by atoms with Gasteiger partial charge < -0.3 is 15.0 Å². The van der Waals surface area contributed by atoms with Gasteiger partial charge >= 0.3 is 0 Å². The van der Waals surface area contributed by atoms with E-state index < -0.39 is 34.1 Å². The van der Waals surface area contributed by atoms with Crippen molar-refractivity contribution in [2.75, 3.05) is 24.2 Å². The Labute approximate surface area is 248 Å². The summed E-state index contributed by atoms with van der Waals surface area (Å²) in [6, 6.07) is 20.6. The van der Waals surface area contributed by atoms with Crippen LogP contribution in [0.2, 0.25) is 5.02 Å². The summed E-state index contributed by atoms with van der Waals surface area (Å²) in [5.74, 6) is -0.596. The summed E-state index contributed by atoms with van der Waals surface area (Å²) in [6.07, 6.45) is 1.26. The molecular formula is C31H38ClN3O5S. The van der Waals surface area contributed by atoms with Crippen molar-refractivity contribution < 1.29 is 22.7 Å². The summed E-state index contributed by atoms with van der Waals surface area (Å²) in [4.78, 5) is 29.4. The molecule has 0 fully saturated rings. The quantitative estimate of drug-likeness (QED) is 0.335. The minimum absolute atomic E-state index is 0.0387. The van der Waals surface area contributed by atoms with Gasteiger partial charge in [-0.25, -0.2) is 8.42 Å². The van der Waals surface area contributed by atoms with Crippen LogP contribution in [0.5, 0.6) is 5.75 Å². The smallest absolute Gasteiger partial charge is 0.244 e. The number of benzene rings is 3. The van der Waals surface area contributed by atoms with Crippen LogP contribution in [-0.2, 0) is 32.6 Å². The molecule has 0 unspecified atom stereocenters. The highest BCUT2D eigenvalue weighted by Crippen LogP contribution is 2.31. The molecule has 0 aliphatic carbocycles. The van der Waals surface area contributed by atoms with E-state index in [1.54, 1.807) is 36.4 Å². The fourth-order valence-electron chi connectivity index (χ4n) is 4.43. The summed E-state index contributed by atoms with van der Waals surface area (Å²) in [5.41, 5.74) is 2.02. The van der Waals surface area contributed by atoms with Crippen molar-refractivity contribution in [1.29, 1.82) is 0 Å². The van der Waals surface area contributed by atoms with E-state index in [0.29, 0.717) is 16.3 Å². The first-order valence-corrected chi connectivity index (χ1v) is 15.4.